The van der Waals surface area contributed by atoms with Gasteiger partial charge >= 0.3 is 33.0 Å². The number of anilines is 2. The summed E-state index contributed by atoms with van der Waals surface area (Å²) in [6, 6.07) is 33.6. The van der Waals surface area contributed by atoms with Crippen LogP contribution in [0.5, 0.6) is 0 Å². The van der Waals surface area contributed by atoms with Gasteiger partial charge in [-0.2, -0.15) is 4.58 Å². The van der Waals surface area contributed by atoms with Gasteiger partial charge in [-0.15, -0.1) is 0 Å². The topological polar surface area (TPSA) is 55.7 Å². The number of hydrogen-bond donors (Lipinski definition) is 1. The van der Waals surface area contributed by atoms with Gasteiger partial charge in [0.2, 0.25) is 17.5 Å². The summed E-state index contributed by atoms with van der Waals surface area (Å²) in [4.78, 5) is 30.8. The van der Waals surface area contributed by atoms with Crippen LogP contribution in [0.3, 0.4) is 0 Å². The summed E-state index contributed by atoms with van der Waals surface area (Å²) in [5, 5.41) is 3.13. The number of fused-ring (bicyclic) bond motifs is 4. The Morgan fingerprint density at radius 1 is 0.690 bits per heavy atom. The maximum absolute atomic E-state index is 13.5. The second-order valence-electron chi connectivity index (χ2n) is 19.9. The Hall–Kier alpha value is -6.18. The molecule has 6 nitrogen and oxygen atoms in total. The molecule has 0 fully saturated rings. The Bertz CT molecular complexity index is 2870. The van der Waals surface area contributed by atoms with Gasteiger partial charge in [0.15, 0.2) is 5.71 Å². The molecule has 4 aliphatic rings. The van der Waals surface area contributed by atoms with Crippen LogP contribution in [0.1, 0.15) is 126 Å². The molecule has 0 unspecified atom stereocenters. The number of para-hydroxylation sites is 3. The van der Waals surface area contributed by atoms with Crippen LogP contribution in [-0.4, -0.2) is 42.2 Å². The number of rotatable bonds is 15. The van der Waals surface area contributed by atoms with Crippen molar-refractivity contribution >= 4 is 42.4 Å². The number of nitrogens with zero attached hydrogens (tertiary/aromatic N) is 3. The molecule has 376 valence electrons. The van der Waals surface area contributed by atoms with Crippen molar-refractivity contribution in [2.75, 3.05) is 29.9 Å². The van der Waals surface area contributed by atoms with Crippen molar-refractivity contribution in [3.8, 4) is 11.8 Å². The minimum atomic E-state index is -10.7. The second kappa shape index (κ2) is 20.9. The van der Waals surface area contributed by atoms with Gasteiger partial charge in [-0.1, -0.05) is 123 Å². The molecule has 0 bridgehead atoms. The summed E-state index contributed by atoms with van der Waals surface area (Å²) in [6.45, 7) is 11.4. The molecule has 3 heterocycles. The summed E-state index contributed by atoms with van der Waals surface area (Å²) in [6.07, 6.45) is 21.6. The molecule has 0 saturated carbocycles. The van der Waals surface area contributed by atoms with Crippen molar-refractivity contribution in [1.29, 1.82) is 0 Å². The van der Waals surface area contributed by atoms with Gasteiger partial charge in [0, 0.05) is 71.6 Å². The van der Waals surface area contributed by atoms with E-state index in [1.54, 1.807) is 0 Å². The number of halogens is 6. The molecule has 13 heteroatoms. The van der Waals surface area contributed by atoms with Crippen molar-refractivity contribution in [1.82, 2.24) is 5.32 Å². The third kappa shape index (κ3) is 14.0. The molecule has 8 rings (SSSR count). The second-order valence-corrected chi connectivity index (χ2v) is 21.8. The van der Waals surface area contributed by atoms with Crippen LogP contribution in [0.4, 0.5) is 42.2 Å². The number of unbranched alkanes of at least 4 members (excludes halogenated alkanes) is 4. The Labute approximate surface area is 415 Å². The first-order chi connectivity index (χ1) is 33.5. The average Bonchev–Trinajstić information content (AvgIpc) is 3.65. The fourth-order valence-electron chi connectivity index (χ4n) is 10.2. The van der Waals surface area contributed by atoms with E-state index in [1.165, 1.54) is 45.1 Å². The number of benzene rings is 4. The maximum atomic E-state index is 13.5. The summed E-state index contributed by atoms with van der Waals surface area (Å²) < 4.78 is 61.5. The van der Waals surface area contributed by atoms with Crippen LogP contribution in [0.2, 0.25) is 0 Å². The zero-order valence-corrected chi connectivity index (χ0v) is 42.3. The predicted molar refractivity (Wildman–Crippen MR) is 278 cm³/mol. The molecule has 3 aliphatic heterocycles. The first kappa shape index (κ1) is 52.6. The average molecular weight is 995 g/mol. The molecule has 4 aromatic carbocycles. The van der Waals surface area contributed by atoms with Gasteiger partial charge in [0.25, 0.3) is 0 Å². The summed E-state index contributed by atoms with van der Waals surface area (Å²) in [5.41, 5.74) is 14.4. The Kier molecular flexibility index (Phi) is 15.5. The predicted octanol–water partition coefficient (Wildman–Crippen LogP) is 15.5. The molecule has 1 aliphatic carbocycles. The molecule has 71 heavy (non-hydrogen) atoms. The Morgan fingerprint density at radius 2 is 1.31 bits per heavy atom. The normalized spacial score (nSPS) is 18.7. The van der Waals surface area contributed by atoms with Crippen LogP contribution >= 0.6 is 7.81 Å². The van der Waals surface area contributed by atoms with E-state index in [0.717, 1.165) is 86.7 Å². The van der Waals surface area contributed by atoms with E-state index in [1.807, 2.05) is 47.4 Å². The van der Waals surface area contributed by atoms with Gasteiger partial charge in [-0.05, 0) is 111 Å². The number of allylic oxidation sites excluding steroid dienone is 8. The van der Waals surface area contributed by atoms with Gasteiger partial charge in [0.1, 0.15) is 7.05 Å². The minimum absolute atomic E-state index is 0.0299. The van der Waals surface area contributed by atoms with Crippen molar-refractivity contribution in [2.45, 2.75) is 116 Å². The molecule has 0 saturated heterocycles. The number of carbonyl (C=O) groups excluding carboxylic acids is 2. The van der Waals surface area contributed by atoms with Crippen LogP contribution in [0.25, 0.3) is 0 Å². The van der Waals surface area contributed by atoms with E-state index in [2.05, 4.69) is 146 Å². The zero-order chi connectivity index (χ0) is 51.1. The van der Waals surface area contributed by atoms with E-state index in [-0.39, 0.29) is 22.6 Å². The van der Waals surface area contributed by atoms with E-state index < -0.39 is 7.81 Å². The number of hydrogen-bond acceptors (Lipinski definition) is 3. The first-order valence-corrected chi connectivity index (χ1v) is 26.7. The third-order valence-corrected chi connectivity index (χ3v) is 13.8. The number of amides is 2. The molecule has 0 radical (unpaired) electrons. The van der Waals surface area contributed by atoms with Crippen LogP contribution in [0.15, 0.2) is 144 Å². The van der Waals surface area contributed by atoms with Crippen molar-refractivity contribution in [3.63, 3.8) is 0 Å². The SMILES string of the molecule is C[N+]1=C(/C=C/C2=CC(=C/C=C3\N(CCCCCC(=O)NCCCCCC(=O)N4Cc5ccccc5C#Cc5ccccc54)c4ccccc4C3(C)C)/CCC2)C(C)(C)c2ccccc21.F[P-](F)(F)(F)(F)F. The van der Waals surface area contributed by atoms with Gasteiger partial charge in [0.05, 0.1) is 17.6 Å². The first-order valence-electron chi connectivity index (χ1n) is 24.7. The fourth-order valence-corrected chi connectivity index (χ4v) is 10.2. The van der Waals surface area contributed by atoms with Crippen LogP contribution < -0.4 is 15.1 Å². The van der Waals surface area contributed by atoms with Crippen molar-refractivity contribution in [3.05, 3.63) is 172 Å². The Morgan fingerprint density at radius 3 is 2.06 bits per heavy atom. The van der Waals surface area contributed by atoms with Crippen molar-refractivity contribution in [2.24, 2.45) is 0 Å². The monoisotopic (exact) mass is 994 g/mol. The Balaban J connectivity index is 0.000000985. The molecule has 0 atom stereocenters. The quantitative estimate of drug-likeness (QED) is 0.0424. The summed E-state index contributed by atoms with van der Waals surface area (Å²) >= 11 is 0. The standard InChI is InChI=1S/C58H64N4O2.F6P/c1-57(2)48-26-13-16-29-51(48)60(5)53(57)37-33-43-21-20-22-44(41-43)34-38-54-58(3,4)49-27-14-17-30-52(49)61(54)40-19-7-8-31-55(63)59-39-18-6-9-32-56(64)62-42-47-25-11-10-23-45(47)35-36-46-24-12-15-28-50(46)62;1-7(2,3,4,5)6/h10-17,23-30,33-34,37-38,41H,6-9,18-22,31-32,39-40,42H2,1-5H3;/q;-1/p+1. The van der Waals surface area contributed by atoms with Crippen LogP contribution in [-0.2, 0) is 27.0 Å². The van der Waals surface area contributed by atoms with E-state index in [9.17, 15) is 34.8 Å². The van der Waals surface area contributed by atoms with Gasteiger partial charge < -0.3 is 15.1 Å². The van der Waals surface area contributed by atoms with Crippen LogP contribution in [0, 0.1) is 11.8 Å². The fraction of sp³-hybridized carbons (Fsp3) is 0.362. The molecule has 4 aromatic rings. The molecular formula is C58H65F6N4O2P. The van der Waals surface area contributed by atoms with E-state index in [0.29, 0.717) is 25.9 Å². The van der Waals surface area contributed by atoms with E-state index >= 15 is 0 Å². The molecule has 0 aromatic heterocycles. The third-order valence-electron chi connectivity index (χ3n) is 13.8. The number of nitrogens with one attached hydrogen (secondary N) is 1. The molecular weight excluding hydrogens is 930 g/mol. The summed E-state index contributed by atoms with van der Waals surface area (Å²) in [5.74, 6) is 6.79. The van der Waals surface area contributed by atoms with Crippen molar-refractivity contribution < 1.29 is 39.3 Å². The zero-order valence-electron chi connectivity index (χ0n) is 41.4. The molecule has 1 N–H and O–H groups in total. The van der Waals surface area contributed by atoms with Gasteiger partial charge in [-0.25, -0.2) is 0 Å². The molecule has 2 amide bonds. The van der Waals surface area contributed by atoms with E-state index in [4.69, 9.17) is 0 Å². The molecule has 0 spiro atoms. The number of carbonyl (C=O) groups is 2. The summed E-state index contributed by atoms with van der Waals surface area (Å²) in [7, 11) is -8.47. The van der Waals surface area contributed by atoms with Gasteiger partial charge in [-0.3, -0.25) is 9.59 Å².